The highest BCUT2D eigenvalue weighted by Crippen LogP contribution is 2.21. The maximum absolute atomic E-state index is 12.2. The fourth-order valence-corrected chi connectivity index (χ4v) is 3.21. The number of nitrogen functional groups attached to an aromatic ring is 1. The van der Waals surface area contributed by atoms with Crippen LogP contribution in [-0.2, 0) is 10.8 Å². The number of anilines is 1. The average molecular weight is 225 g/mol. The lowest BCUT2D eigenvalue weighted by Crippen LogP contribution is -2.14. The van der Waals surface area contributed by atoms with Crippen LogP contribution in [0.3, 0.4) is 0 Å². The van der Waals surface area contributed by atoms with Crippen molar-refractivity contribution in [2.45, 2.75) is 43.8 Å². The normalized spacial score (nSPS) is 13.1. The fraction of sp³-hybridized carbons (Fsp3) is 0.500. The molecule has 0 fully saturated rings. The van der Waals surface area contributed by atoms with Gasteiger partial charge in [-0.1, -0.05) is 13.8 Å². The van der Waals surface area contributed by atoms with Gasteiger partial charge in [-0.2, -0.15) is 0 Å². The van der Waals surface area contributed by atoms with E-state index in [1.54, 1.807) is 0 Å². The summed E-state index contributed by atoms with van der Waals surface area (Å²) in [6.07, 6.45) is 1.90. The third-order valence-corrected chi connectivity index (χ3v) is 4.79. The van der Waals surface area contributed by atoms with Crippen molar-refractivity contribution < 1.29 is 4.21 Å². The molecular formula is C12H19NOS. The Balaban J connectivity index is 3.00. The van der Waals surface area contributed by atoms with Crippen LogP contribution >= 0.6 is 0 Å². The zero-order valence-electron chi connectivity index (χ0n) is 9.62. The van der Waals surface area contributed by atoms with Crippen LogP contribution in [0.25, 0.3) is 0 Å². The Bertz CT molecular complexity index is 359. The summed E-state index contributed by atoms with van der Waals surface area (Å²) in [5.41, 5.74) is 7.43. The summed E-state index contributed by atoms with van der Waals surface area (Å²) in [6.45, 7) is 6.13. The van der Waals surface area contributed by atoms with Crippen LogP contribution in [-0.4, -0.2) is 9.46 Å². The van der Waals surface area contributed by atoms with Crippen molar-refractivity contribution in [3.8, 4) is 0 Å². The van der Waals surface area contributed by atoms with Crippen LogP contribution in [0.15, 0.2) is 23.1 Å². The summed E-state index contributed by atoms with van der Waals surface area (Å²) in [6, 6.07) is 5.59. The van der Waals surface area contributed by atoms with E-state index in [0.717, 1.165) is 29.0 Å². The number of rotatable bonds is 4. The maximum atomic E-state index is 12.2. The molecule has 0 saturated heterocycles. The van der Waals surface area contributed by atoms with Crippen molar-refractivity contribution in [1.82, 2.24) is 0 Å². The molecule has 3 heteroatoms. The van der Waals surface area contributed by atoms with Gasteiger partial charge in [-0.05, 0) is 43.5 Å². The SMILES string of the molecule is CCC(CC)S(=O)c1ccc(N)cc1C. The van der Waals surface area contributed by atoms with Gasteiger partial charge in [0.25, 0.3) is 0 Å². The smallest absolute Gasteiger partial charge is 0.0563 e. The van der Waals surface area contributed by atoms with Gasteiger partial charge in [0.05, 0.1) is 10.8 Å². The summed E-state index contributed by atoms with van der Waals surface area (Å²) < 4.78 is 12.2. The van der Waals surface area contributed by atoms with Crippen LogP contribution < -0.4 is 5.73 Å². The van der Waals surface area contributed by atoms with Crippen LogP contribution in [0.1, 0.15) is 32.3 Å². The van der Waals surface area contributed by atoms with Crippen molar-refractivity contribution in [2.24, 2.45) is 0 Å². The van der Waals surface area contributed by atoms with Gasteiger partial charge < -0.3 is 5.73 Å². The van der Waals surface area contributed by atoms with Gasteiger partial charge in [0, 0.05) is 15.8 Å². The molecule has 0 radical (unpaired) electrons. The van der Waals surface area contributed by atoms with Gasteiger partial charge in [0.2, 0.25) is 0 Å². The Morgan fingerprint density at radius 2 is 1.93 bits per heavy atom. The maximum Gasteiger partial charge on any atom is 0.0563 e. The molecule has 2 nitrogen and oxygen atoms in total. The molecule has 0 aliphatic heterocycles. The lowest BCUT2D eigenvalue weighted by molar-refractivity contribution is 0.657. The zero-order chi connectivity index (χ0) is 11.4. The van der Waals surface area contributed by atoms with Gasteiger partial charge in [-0.15, -0.1) is 0 Å². The Kier molecular flexibility index (Phi) is 4.33. The Labute approximate surface area is 94.3 Å². The minimum atomic E-state index is -0.897. The van der Waals surface area contributed by atoms with Gasteiger partial charge in [-0.25, -0.2) is 0 Å². The topological polar surface area (TPSA) is 43.1 Å². The van der Waals surface area contributed by atoms with E-state index in [2.05, 4.69) is 13.8 Å². The molecule has 0 aromatic heterocycles. The Morgan fingerprint density at radius 1 is 1.33 bits per heavy atom. The molecule has 0 heterocycles. The Morgan fingerprint density at radius 3 is 2.40 bits per heavy atom. The van der Waals surface area contributed by atoms with E-state index in [-0.39, 0.29) is 5.25 Å². The lowest BCUT2D eigenvalue weighted by atomic mass is 10.2. The second kappa shape index (κ2) is 5.31. The first-order valence-corrected chi connectivity index (χ1v) is 6.58. The summed E-state index contributed by atoms with van der Waals surface area (Å²) in [5.74, 6) is 0. The van der Waals surface area contributed by atoms with E-state index in [1.165, 1.54) is 0 Å². The molecule has 1 unspecified atom stereocenters. The minimum absolute atomic E-state index is 0.257. The third-order valence-electron chi connectivity index (χ3n) is 2.63. The van der Waals surface area contributed by atoms with E-state index in [9.17, 15) is 4.21 Å². The monoisotopic (exact) mass is 225 g/mol. The molecule has 0 aliphatic carbocycles. The van der Waals surface area contributed by atoms with Crippen LogP contribution in [0, 0.1) is 6.92 Å². The van der Waals surface area contributed by atoms with Crippen molar-refractivity contribution in [3.05, 3.63) is 23.8 Å². The summed E-state index contributed by atoms with van der Waals surface area (Å²) in [4.78, 5) is 0.929. The number of nitrogens with two attached hydrogens (primary N) is 1. The molecule has 1 aromatic carbocycles. The van der Waals surface area contributed by atoms with E-state index in [0.29, 0.717) is 0 Å². The predicted octanol–water partition coefficient (Wildman–Crippen LogP) is 2.87. The molecule has 2 N–H and O–H groups in total. The van der Waals surface area contributed by atoms with E-state index < -0.39 is 10.8 Å². The van der Waals surface area contributed by atoms with Crippen LogP contribution in [0.4, 0.5) is 5.69 Å². The molecule has 0 saturated carbocycles. The molecule has 84 valence electrons. The van der Waals surface area contributed by atoms with E-state index in [4.69, 9.17) is 5.73 Å². The van der Waals surface area contributed by atoms with Crippen molar-refractivity contribution in [3.63, 3.8) is 0 Å². The van der Waals surface area contributed by atoms with Gasteiger partial charge in [0.1, 0.15) is 0 Å². The first kappa shape index (κ1) is 12.2. The summed E-state index contributed by atoms with van der Waals surface area (Å²) in [5, 5.41) is 0.257. The standard InChI is InChI=1S/C12H19NOS/c1-4-11(5-2)15(14)12-7-6-10(13)8-9(12)3/h6-8,11H,4-5,13H2,1-3H3. The molecule has 0 aliphatic rings. The number of hydrogen-bond acceptors (Lipinski definition) is 2. The summed E-state index contributed by atoms with van der Waals surface area (Å²) >= 11 is 0. The number of aryl methyl sites for hydroxylation is 1. The third kappa shape index (κ3) is 2.81. The van der Waals surface area contributed by atoms with Crippen LogP contribution in [0.5, 0.6) is 0 Å². The molecule has 1 rings (SSSR count). The van der Waals surface area contributed by atoms with Crippen molar-refractivity contribution >= 4 is 16.5 Å². The molecule has 15 heavy (non-hydrogen) atoms. The first-order valence-electron chi connectivity index (χ1n) is 5.36. The highest BCUT2D eigenvalue weighted by Gasteiger charge is 2.16. The van der Waals surface area contributed by atoms with Gasteiger partial charge in [-0.3, -0.25) is 4.21 Å². The van der Waals surface area contributed by atoms with Crippen molar-refractivity contribution in [2.75, 3.05) is 5.73 Å². The average Bonchev–Trinajstić information content (AvgIpc) is 2.19. The van der Waals surface area contributed by atoms with E-state index >= 15 is 0 Å². The van der Waals surface area contributed by atoms with Crippen LogP contribution in [0.2, 0.25) is 0 Å². The predicted molar refractivity (Wildman–Crippen MR) is 66.4 cm³/mol. The zero-order valence-corrected chi connectivity index (χ0v) is 10.4. The number of hydrogen-bond donors (Lipinski definition) is 1. The van der Waals surface area contributed by atoms with Crippen molar-refractivity contribution in [1.29, 1.82) is 0 Å². The second-order valence-corrected chi connectivity index (χ2v) is 5.46. The first-order chi connectivity index (χ1) is 7.10. The molecule has 0 bridgehead atoms. The second-order valence-electron chi connectivity index (χ2n) is 3.76. The van der Waals surface area contributed by atoms with Gasteiger partial charge >= 0.3 is 0 Å². The molecule has 0 amide bonds. The van der Waals surface area contributed by atoms with E-state index in [1.807, 2.05) is 25.1 Å². The molecule has 0 spiro atoms. The quantitative estimate of drug-likeness (QED) is 0.801. The Hall–Kier alpha value is -0.830. The molecule has 1 atom stereocenters. The fourth-order valence-electron chi connectivity index (χ4n) is 1.67. The summed E-state index contributed by atoms with van der Waals surface area (Å²) in [7, 11) is -0.897. The molecule has 1 aromatic rings. The highest BCUT2D eigenvalue weighted by molar-refractivity contribution is 7.85. The largest absolute Gasteiger partial charge is 0.399 e. The number of benzene rings is 1. The molecular weight excluding hydrogens is 206 g/mol. The lowest BCUT2D eigenvalue weighted by Gasteiger charge is -2.14. The van der Waals surface area contributed by atoms with Gasteiger partial charge in [0.15, 0.2) is 0 Å². The highest BCUT2D eigenvalue weighted by atomic mass is 32.2. The minimum Gasteiger partial charge on any atom is -0.399 e.